The Kier molecular flexibility index (Phi) is 1.71. The van der Waals surface area contributed by atoms with Gasteiger partial charge in [-0.1, -0.05) is 0 Å². The van der Waals surface area contributed by atoms with Crippen LogP contribution >= 0.6 is 0 Å². The zero-order valence-electron chi connectivity index (χ0n) is 8.68. The van der Waals surface area contributed by atoms with E-state index in [1.54, 1.807) is 12.3 Å². The standard InChI is InChI=1S/C11H13N3O/c1-8-4-11(15)14(12-6-8)7-10-5-9-2-3-13(9)10/h4-6,9H,2-3,7H2,1H3. The maximum absolute atomic E-state index is 11.6. The van der Waals surface area contributed by atoms with Gasteiger partial charge in [-0.2, -0.15) is 5.10 Å². The molecule has 1 atom stereocenters. The van der Waals surface area contributed by atoms with E-state index in [-0.39, 0.29) is 5.56 Å². The SMILES string of the molecule is Cc1cnn(CC2=CC3CCN23)c(=O)c1. The Morgan fingerprint density at radius 3 is 3.00 bits per heavy atom. The summed E-state index contributed by atoms with van der Waals surface area (Å²) in [5.74, 6) is 0. The number of aromatic nitrogens is 2. The number of allylic oxidation sites excluding steroid dienone is 1. The predicted octanol–water partition coefficient (Wildman–Crippen LogP) is 0.524. The van der Waals surface area contributed by atoms with E-state index < -0.39 is 0 Å². The molecule has 0 amide bonds. The summed E-state index contributed by atoms with van der Waals surface area (Å²) in [6.07, 6.45) is 5.23. The van der Waals surface area contributed by atoms with Gasteiger partial charge in [0.1, 0.15) is 0 Å². The van der Waals surface area contributed by atoms with Crippen molar-refractivity contribution in [2.24, 2.45) is 0 Å². The van der Waals surface area contributed by atoms with Gasteiger partial charge in [0.2, 0.25) is 0 Å². The van der Waals surface area contributed by atoms with Gasteiger partial charge in [-0.3, -0.25) is 4.79 Å². The lowest BCUT2D eigenvalue weighted by molar-refractivity contribution is 0.120. The van der Waals surface area contributed by atoms with E-state index in [2.05, 4.69) is 16.1 Å². The summed E-state index contributed by atoms with van der Waals surface area (Å²) in [6.45, 7) is 3.64. The first kappa shape index (κ1) is 8.71. The Morgan fingerprint density at radius 2 is 2.47 bits per heavy atom. The van der Waals surface area contributed by atoms with Gasteiger partial charge in [-0.25, -0.2) is 4.68 Å². The molecule has 0 N–H and O–H groups in total. The van der Waals surface area contributed by atoms with Crippen molar-refractivity contribution >= 4 is 0 Å². The summed E-state index contributed by atoms with van der Waals surface area (Å²) in [7, 11) is 0. The average Bonchev–Trinajstić information content (AvgIpc) is 2.17. The first-order chi connectivity index (χ1) is 7.24. The second-order valence-corrected chi connectivity index (χ2v) is 4.24. The van der Waals surface area contributed by atoms with Crippen LogP contribution in [0.25, 0.3) is 0 Å². The minimum Gasteiger partial charge on any atom is -0.367 e. The zero-order valence-corrected chi connectivity index (χ0v) is 8.68. The molecule has 1 unspecified atom stereocenters. The molecule has 0 aromatic carbocycles. The van der Waals surface area contributed by atoms with Crippen molar-refractivity contribution in [3.63, 3.8) is 0 Å². The van der Waals surface area contributed by atoms with Crippen LogP contribution in [-0.2, 0) is 6.54 Å². The van der Waals surface area contributed by atoms with Crippen LogP contribution < -0.4 is 5.56 Å². The number of hydrogen-bond acceptors (Lipinski definition) is 3. The largest absolute Gasteiger partial charge is 0.367 e. The molecule has 78 valence electrons. The molecule has 0 saturated carbocycles. The van der Waals surface area contributed by atoms with E-state index in [4.69, 9.17) is 0 Å². The topological polar surface area (TPSA) is 38.1 Å². The third kappa shape index (κ3) is 1.28. The van der Waals surface area contributed by atoms with Crippen LogP contribution in [0, 0.1) is 6.92 Å². The summed E-state index contributed by atoms with van der Waals surface area (Å²) >= 11 is 0. The zero-order chi connectivity index (χ0) is 10.4. The van der Waals surface area contributed by atoms with Gasteiger partial charge in [0.25, 0.3) is 5.56 Å². The Balaban J connectivity index is 1.83. The summed E-state index contributed by atoms with van der Waals surface area (Å²) in [5.41, 5.74) is 2.14. The van der Waals surface area contributed by atoms with Crippen molar-refractivity contribution in [2.75, 3.05) is 6.54 Å². The molecule has 0 radical (unpaired) electrons. The fraction of sp³-hybridized carbons (Fsp3) is 0.455. The monoisotopic (exact) mass is 203 g/mol. The molecule has 3 heterocycles. The maximum atomic E-state index is 11.6. The first-order valence-electron chi connectivity index (χ1n) is 5.25. The molecular weight excluding hydrogens is 190 g/mol. The Labute approximate surface area is 87.8 Å². The van der Waals surface area contributed by atoms with Crippen molar-refractivity contribution in [3.8, 4) is 0 Å². The van der Waals surface area contributed by atoms with E-state index in [0.29, 0.717) is 12.6 Å². The van der Waals surface area contributed by atoms with E-state index in [9.17, 15) is 4.79 Å². The molecule has 0 spiro atoms. The van der Waals surface area contributed by atoms with Crippen molar-refractivity contribution < 1.29 is 0 Å². The minimum atomic E-state index is -0.0140. The van der Waals surface area contributed by atoms with Crippen LogP contribution in [0.15, 0.2) is 28.8 Å². The fourth-order valence-corrected chi connectivity index (χ4v) is 2.11. The number of fused-ring (bicyclic) bond motifs is 1. The smallest absolute Gasteiger partial charge is 0.267 e. The lowest BCUT2D eigenvalue weighted by Crippen LogP contribution is -2.54. The number of rotatable bonds is 2. The summed E-state index contributed by atoms with van der Waals surface area (Å²) in [6, 6.07) is 2.28. The van der Waals surface area contributed by atoms with Crippen LogP contribution in [0.1, 0.15) is 12.0 Å². The highest BCUT2D eigenvalue weighted by Crippen LogP contribution is 2.33. The van der Waals surface area contributed by atoms with Gasteiger partial charge in [0, 0.05) is 18.3 Å². The van der Waals surface area contributed by atoms with Gasteiger partial charge in [-0.15, -0.1) is 0 Å². The predicted molar refractivity (Wildman–Crippen MR) is 56.4 cm³/mol. The second-order valence-electron chi connectivity index (χ2n) is 4.24. The highest BCUT2D eigenvalue weighted by atomic mass is 16.1. The molecule has 1 fully saturated rings. The van der Waals surface area contributed by atoms with Crippen LogP contribution in [0.4, 0.5) is 0 Å². The van der Waals surface area contributed by atoms with Gasteiger partial charge in [0.15, 0.2) is 0 Å². The van der Waals surface area contributed by atoms with Crippen molar-refractivity contribution in [2.45, 2.75) is 25.9 Å². The van der Waals surface area contributed by atoms with E-state index >= 15 is 0 Å². The van der Waals surface area contributed by atoms with Gasteiger partial charge >= 0.3 is 0 Å². The molecule has 3 rings (SSSR count). The Morgan fingerprint density at radius 1 is 1.60 bits per heavy atom. The first-order valence-corrected chi connectivity index (χ1v) is 5.25. The molecule has 0 aliphatic carbocycles. The van der Waals surface area contributed by atoms with Crippen molar-refractivity contribution in [1.82, 2.24) is 14.7 Å². The molecule has 4 heteroatoms. The molecule has 1 aromatic heterocycles. The minimum absolute atomic E-state index is 0.0140. The molecule has 15 heavy (non-hydrogen) atoms. The maximum Gasteiger partial charge on any atom is 0.267 e. The second kappa shape index (κ2) is 2.95. The van der Waals surface area contributed by atoms with Gasteiger partial charge < -0.3 is 4.90 Å². The molecule has 1 saturated heterocycles. The third-order valence-corrected chi connectivity index (χ3v) is 3.14. The fourth-order valence-electron chi connectivity index (χ4n) is 2.11. The van der Waals surface area contributed by atoms with E-state index in [1.807, 2.05) is 6.92 Å². The van der Waals surface area contributed by atoms with Gasteiger partial charge in [0.05, 0.1) is 18.8 Å². The van der Waals surface area contributed by atoms with E-state index in [1.165, 1.54) is 16.8 Å². The van der Waals surface area contributed by atoms with Crippen LogP contribution in [0.3, 0.4) is 0 Å². The molecular formula is C11H13N3O. The van der Waals surface area contributed by atoms with Crippen LogP contribution in [-0.4, -0.2) is 27.3 Å². The van der Waals surface area contributed by atoms with Crippen molar-refractivity contribution in [3.05, 3.63) is 40.0 Å². The van der Waals surface area contributed by atoms with E-state index in [0.717, 1.165) is 12.1 Å². The molecule has 2 aliphatic rings. The number of aryl methyl sites for hydroxylation is 1. The summed E-state index contributed by atoms with van der Waals surface area (Å²) in [4.78, 5) is 13.9. The Hall–Kier alpha value is -1.58. The molecule has 4 nitrogen and oxygen atoms in total. The highest BCUT2D eigenvalue weighted by molar-refractivity contribution is 5.24. The van der Waals surface area contributed by atoms with Crippen LogP contribution in [0.2, 0.25) is 0 Å². The molecule has 0 bridgehead atoms. The summed E-state index contributed by atoms with van der Waals surface area (Å²) < 4.78 is 1.52. The third-order valence-electron chi connectivity index (χ3n) is 3.14. The number of hydrogen-bond donors (Lipinski definition) is 0. The molecule has 2 aliphatic heterocycles. The normalized spacial score (nSPS) is 22.6. The quantitative estimate of drug-likeness (QED) is 0.703. The summed E-state index contributed by atoms with van der Waals surface area (Å²) in [5, 5.41) is 4.12. The van der Waals surface area contributed by atoms with Crippen molar-refractivity contribution in [1.29, 1.82) is 0 Å². The Bertz CT molecular complexity index is 489. The lowest BCUT2D eigenvalue weighted by Gasteiger charge is -2.50. The van der Waals surface area contributed by atoms with Gasteiger partial charge in [-0.05, 0) is 25.0 Å². The lowest BCUT2D eigenvalue weighted by atomic mass is 9.92. The highest BCUT2D eigenvalue weighted by Gasteiger charge is 2.36. The number of nitrogens with zero attached hydrogens (tertiary/aromatic N) is 3. The average molecular weight is 203 g/mol. The van der Waals surface area contributed by atoms with Crippen LogP contribution in [0.5, 0.6) is 0 Å². The molecule has 1 aromatic rings.